The van der Waals surface area contributed by atoms with E-state index in [0.717, 1.165) is 12.8 Å². The fourth-order valence-corrected chi connectivity index (χ4v) is 1.51. The number of nitrogens with one attached hydrogen (secondary N) is 2. The van der Waals surface area contributed by atoms with E-state index < -0.39 is 5.97 Å². The Morgan fingerprint density at radius 3 is 2.75 bits per heavy atom. The SMILES string of the molecule is COCCCCNC(=O)Nc1ccc(CC(=O)O)nc1. The molecule has 0 atom stereocenters. The first-order valence-corrected chi connectivity index (χ1v) is 6.32. The van der Waals surface area contributed by atoms with E-state index in [1.54, 1.807) is 19.2 Å². The molecular formula is C13H19N3O4. The largest absolute Gasteiger partial charge is 0.481 e. The van der Waals surface area contributed by atoms with Gasteiger partial charge in [0.25, 0.3) is 0 Å². The average Bonchev–Trinajstić information content (AvgIpc) is 2.40. The summed E-state index contributed by atoms with van der Waals surface area (Å²) < 4.78 is 4.90. The number of methoxy groups -OCH3 is 1. The molecule has 0 saturated carbocycles. The number of ether oxygens (including phenoxy) is 1. The minimum atomic E-state index is -0.938. The summed E-state index contributed by atoms with van der Waals surface area (Å²) in [7, 11) is 1.64. The summed E-state index contributed by atoms with van der Waals surface area (Å²) in [5.41, 5.74) is 0.969. The van der Waals surface area contributed by atoms with Crippen molar-refractivity contribution in [2.24, 2.45) is 0 Å². The number of carbonyl (C=O) groups excluding carboxylic acids is 1. The fourth-order valence-electron chi connectivity index (χ4n) is 1.51. The van der Waals surface area contributed by atoms with E-state index in [1.807, 2.05) is 0 Å². The summed E-state index contributed by atoms with van der Waals surface area (Å²) in [5.74, 6) is -0.938. The zero-order valence-electron chi connectivity index (χ0n) is 11.4. The van der Waals surface area contributed by atoms with Crippen molar-refractivity contribution in [3.8, 4) is 0 Å². The van der Waals surface area contributed by atoms with E-state index in [1.165, 1.54) is 6.20 Å². The summed E-state index contributed by atoms with van der Waals surface area (Å²) in [4.78, 5) is 26.0. The Hall–Kier alpha value is -2.15. The van der Waals surface area contributed by atoms with Crippen LogP contribution in [0.2, 0.25) is 0 Å². The van der Waals surface area contributed by atoms with E-state index in [4.69, 9.17) is 9.84 Å². The van der Waals surface area contributed by atoms with Crippen LogP contribution in [0.15, 0.2) is 18.3 Å². The third-order valence-electron chi connectivity index (χ3n) is 2.48. The van der Waals surface area contributed by atoms with Crippen LogP contribution in [0.1, 0.15) is 18.5 Å². The van der Waals surface area contributed by atoms with Gasteiger partial charge < -0.3 is 20.5 Å². The van der Waals surface area contributed by atoms with Gasteiger partial charge in [-0.2, -0.15) is 0 Å². The number of unbranched alkanes of at least 4 members (excludes halogenated alkanes) is 1. The molecule has 1 aromatic rings. The third kappa shape index (κ3) is 6.69. The van der Waals surface area contributed by atoms with Crippen LogP contribution in [-0.2, 0) is 16.0 Å². The highest BCUT2D eigenvalue weighted by atomic mass is 16.5. The van der Waals surface area contributed by atoms with E-state index in [-0.39, 0.29) is 12.5 Å². The van der Waals surface area contributed by atoms with Crippen molar-refractivity contribution < 1.29 is 19.4 Å². The number of carboxylic acids is 1. The van der Waals surface area contributed by atoms with Crippen LogP contribution in [0.25, 0.3) is 0 Å². The minimum Gasteiger partial charge on any atom is -0.481 e. The summed E-state index contributed by atoms with van der Waals surface area (Å²) in [6.07, 6.45) is 3.04. The molecule has 0 aliphatic carbocycles. The maximum atomic E-state index is 11.5. The van der Waals surface area contributed by atoms with Gasteiger partial charge >= 0.3 is 12.0 Å². The maximum Gasteiger partial charge on any atom is 0.319 e. The monoisotopic (exact) mass is 281 g/mol. The third-order valence-corrected chi connectivity index (χ3v) is 2.48. The number of rotatable bonds is 8. The molecule has 110 valence electrons. The highest BCUT2D eigenvalue weighted by Crippen LogP contribution is 2.06. The summed E-state index contributed by atoms with van der Waals surface area (Å²) in [5, 5.41) is 13.9. The normalized spacial score (nSPS) is 10.1. The number of pyridine rings is 1. The van der Waals surface area contributed by atoms with Crippen molar-refractivity contribution in [2.75, 3.05) is 25.6 Å². The van der Waals surface area contributed by atoms with Gasteiger partial charge in [0.2, 0.25) is 0 Å². The van der Waals surface area contributed by atoms with Crippen molar-refractivity contribution in [3.05, 3.63) is 24.0 Å². The smallest absolute Gasteiger partial charge is 0.319 e. The Bertz CT molecular complexity index is 434. The molecule has 0 aliphatic heterocycles. The van der Waals surface area contributed by atoms with Crippen LogP contribution in [0, 0.1) is 0 Å². The first kappa shape index (κ1) is 15.9. The molecule has 2 amide bonds. The van der Waals surface area contributed by atoms with Crippen molar-refractivity contribution in [1.82, 2.24) is 10.3 Å². The highest BCUT2D eigenvalue weighted by Gasteiger charge is 2.04. The number of hydrogen-bond acceptors (Lipinski definition) is 4. The van der Waals surface area contributed by atoms with Gasteiger partial charge in [-0.3, -0.25) is 9.78 Å². The molecule has 0 aromatic carbocycles. The molecular weight excluding hydrogens is 262 g/mol. The first-order valence-electron chi connectivity index (χ1n) is 6.32. The molecule has 0 radical (unpaired) electrons. The van der Waals surface area contributed by atoms with Crippen LogP contribution in [-0.4, -0.2) is 42.4 Å². The average molecular weight is 281 g/mol. The molecule has 7 nitrogen and oxygen atoms in total. The second-order valence-electron chi connectivity index (χ2n) is 4.19. The number of carboxylic acid groups (broad SMARTS) is 1. The summed E-state index contributed by atoms with van der Waals surface area (Å²) >= 11 is 0. The Labute approximate surface area is 117 Å². The predicted octanol–water partition coefficient (Wildman–Crippen LogP) is 1.26. The Balaban J connectivity index is 2.29. The van der Waals surface area contributed by atoms with Gasteiger partial charge in [-0.1, -0.05) is 0 Å². The molecule has 20 heavy (non-hydrogen) atoms. The Morgan fingerprint density at radius 1 is 1.35 bits per heavy atom. The van der Waals surface area contributed by atoms with Gasteiger partial charge in [0.1, 0.15) is 0 Å². The molecule has 0 unspecified atom stereocenters. The molecule has 0 spiro atoms. The highest BCUT2D eigenvalue weighted by molar-refractivity contribution is 5.88. The van der Waals surface area contributed by atoms with Crippen LogP contribution in [0.5, 0.6) is 0 Å². The quantitative estimate of drug-likeness (QED) is 0.623. The summed E-state index contributed by atoms with van der Waals surface area (Å²) in [6.45, 7) is 1.25. The van der Waals surface area contributed by atoms with E-state index in [9.17, 15) is 9.59 Å². The second-order valence-corrected chi connectivity index (χ2v) is 4.19. The van der Waals surface area contributed by atoms with Gasteiger partial charge in [-0.05, 0) is 25.0 Å². The maximum absolute atomic E-state index is 11.5. The van der Waals surface area contributed by atoms with Crippen molar-refractivity contribution in [3.63, 3.8) is 0 Å². The number of nitrogens with zero attached hydrogens (tertiary/aromatic N) is 1. The van der Waals surface area contributed by atoms with Gasteiger partial charge in [-0.25, -0.2) is 4.79 Å². The van der Waals surface area contributed by atoms with Gasteiger partial charge in [0, 0.05) is 20.3 Å². The molecule has 0 fully saturated rings. The standard InChI is InChI=1S/C13H19N3O4/c1-20-7-3-2-6-14-13(19)16-11-5-4-10(15-9-11)8-12(17)18/h4-5,9H,2-3,6-8H2,1H3,(H,17,18)(H2,14,16,19). The lowest BCUT2D eigenvalue weighted by molar-refractivity contribution is -0.136. The number of amides is 2. The molecule has 0 aliphatic rings. The Kier molecular flexibility index (Phi) is 7.05. The molecule has 0 bridgehead atoms. The molecule has 1 aromatic heterocycles. The van der Waals surface area contributed by atoms with Gasteiger partial charge in [0.05, 0.1) is 24.0 Å². The zero-order chi connectivity index (χ0) is 14.8. The van der Waals surface area contributed by atoms with E-state index >= 15 is 0 Å². The molecule has 1 rings (SSSR count). The predicted molar refractivity (Wildman–Crippen MR) is 73.7 cm³/mol. The fraction of sp³-hybridized carbons (Fsp3) is 0.462. The number of urea groups is 1. The minimum absolute atomic E-state index is 0.133. The zero-order valence-corrected chi connectivity index (χ0v) is 11.4. The van der Waals surface area contributed by atoms with E-state index in [2.05, 4.69) is 15.6 Å². The topological polar surface area (TPSA) is 101 Å². The number of carbonyl (C=O) groups is 2. The number of aliphatic carboxylic acids is 1. The van der Waals surface area contributed by atoms with Gasteiger partial charge in [0.15, 0.2) is 0 Å². The second kappa shape index (κ2) is 8.87. The van der Waals surface area contributed by atoms with Crippen molar-refractivity contribution in [2.45, 2.75) is 19.3 Å². The molecule has 1 heterocycles. The number of hydrogen-bond donors (Lipinski definition) is 3. The van der Waals surface area contributed by atoms with Crippen molar-refractivity contribution >= 4 is 17.7 Å². The molecule has 7 heteroatoms. The summed E-state index contributed by atoms with van der Waals surface area (Å²) in [6, 6.07) is 2.88. The van der Waals surface area contributed by atoms with Gasteiger partial charge in [-0.15, -0.1) is 0 Å². The lowest BCUT2D eigenvalue weighted by Gasteiger charge is -2.07. The van der Waals surface area contributed by atoms with Crippen LogP contribution < -0.4 is 10.6 Å². The first-order chi connectivity index (χ1) is 9.61. The van der Waals surface area contributed by atoms with Crippen LogP contribution in [0.3, 0.4) is 0 Å². The molecule has 0 saturated heterocycles. The van der Waals surface area contributed by atoms with Crippen LogP contribution >= 0.6 is 0 Å². The lowest BCUT2D eigenvalue weighted by atomic mass is 10.2. The van der Waals surface area contributed by atoms with Crippen LogP contribution in [0.4, 0.5) is 10.5 Å². The van der Waals surface area contributed by atoms with Crippen molar-refractivity contribution in [1.29, 1.82) is 0 Å². The van der Waals surface area contributed by atoms with E-state index in [0.29, 0.717) is 24.5 Å². The number of anilines is 1. The number of aromatic nitrogens is 1. The molecule has 3 N–H and O–H groups in total. The lowest BCUT2D eigenvalue weighted by Crippen LogP contribution is -2.29. The Morgan fingerprint density at radius 2 is 2.15 bits per heavy atom.